The summed E-state index contributed by atoms with van der Waals surface area (Å²) in [5.74, 6) is 0.428. The monoisotopic (exact) mass is 138 g/mol. The van der Waals surface area contributed by atoms with Crippen molar-refractivity contribution in [1.82, 2.24) is 0 Å². The highest BCUT2D eigenvalue weighted by atomic mass is 14.8. The Kier molecular flexibility index (Phi) is 4.46. The summed E-state index contributed by atoms with van der Waals surface area (Å²) in [7, 11) is 0. The van der Waals surface area contributed by atoms with Gasteiger partial charge in [0.05, 0.1) is 0 Å². The molecule has 56 valence electrons. The van der Waals surface area contributed by atoms with E-state index in [1.807, 2.05) is 26.8 Å². The van der Waals surface area contributed by atoms with Crippen LogP contribution in [-0.2, 0) is 0 Å². The minimum Gasteiger partial charge on any atom is -0.287 e. The number of allylic oxidation sites excluding steroid dienone is 2. The lowest BCUT2D eigenvalue weighted by Gasteiger charge is -1.86. The summed E-state index contributed by atoms with van der Waals surface area (Å²) in [4.78, 5) is 3.86. The molecule has 0 radical (unpaired) electrons. The van der Waals surface area contributed by atoms with E-state index >= 15 is 0 Å². The number of hydrogen-bond acceptors (Lipinski definition) is 1. The van der Waals surface area contributed by atoms with Gasteiger partial charge in [0, 0.05) is 12.6 Å². The van der Waals surface area contributed by atoms with E-state index in [1.165, 1.54) is 5.57 Å². The molecule has 0 aliphatic carbocycles. The SMILES string of the molecule is CCC(=N)/N=C\C=C(C)C. The Labute approximate surface area is 62.2 Å². The van der Waals surface area contributed by atoms with Gasteiger partial charge >= 0.3 is 0 Å². The van der Waals surface area contributed by atoms with Crippen LogP contribution in [-0.4, -0.2) is 12.1 Å². The van der Waals surface area contributed by atoms with E-state index in [0.717, 1.165) is 0 Å². The maximum absolute atomic E-state index is 7.15. The number of nitrogens with one attached hydrogen (secondary N) is 1. The number of hydrogen-bond donors (Lipinski definition) is 1. The van der Waals surface area contributed by atoms with Crippen molar-refractivity contribution in [3.63, 3.8) is 0 Å². The number of rotatable bonds is 2. The van der Waals surface area contributed by atoms with E-state index in [0.29, 0.717) is 12.3 Å². The molecule has 2 heteroatoms. The molecule has 10 heavy (non-hydrogen) atoms. The van der Waals surface area contributed by atoms with Crippen LogP contribution in [0.1, 0.15) is 27.2 Å². The Hall–Kier alpha value is -0.920. The molecule has 0 aromatic rings. The van der Waals surface area contributed by atoms with Gasteiger partial charge in [0.15, 0.2) is 0 Å². The highest BCUT2D eigenvalue weighted by Crippen LogP contribution is 1.86. The molecule has 0 saturated heterocycles. The standard InChI is InChI=1S/C8H14N2/c1-4-8(9)10-6-5-7(2)3/h5-6,9H,4H2,1-3H3/b9-8?,10-6-. The first kappa shape index (κ1) is 9.08. The smallest absolute Gasteiger partial charge is 0.120 e. The molecule has 0 aromatic heterocycles. The molecule has 0 saturated carbocycles. The predicted molar refractivity (Wildman–Crippen MR) is 45.9 cm³/mol. The lowest BCUT2D eigenvalue weighted by atomic mass is 10.3. The van der Waals surface area contributed by atoms with Gasteiger partial charge in [-0.05, 0) is 19.9 Å². The molecule has 2 nitrogen and oxygen atoms in total. The second-order valence-corrected chi connectivity index (χ2v) is 2.32. The molecular formula is C8H14N2. The zero-order valence-corrected chi connectivity index (χ0v) is 6.81. The lowest BCUT2D eigenvalue weighted by Crippen LogP contribution is -1.86. The summed E-state index contributed by atoms with van der Waals surface area (Å²) in [5.41, 5.74) is 1.20. The Morgan fingerprint density at radius 1 is 1.50 bits per heavy atom. The van der Waals surface area contributed by atoms with Crippen LogP contribution in [0.4, 0.5) is 0 Å². The molecule has 1 N–H and O–H groups in total. The molecule has 0 bridgehead atoms. The Morgan fingerprint density at radius 3 is 2.50 bits per heavy atom. The van der Waals surface area contributed by atoms with Gasteiger partial charge < -0.3 is 0 Å². The van der Waals surface area contributed by atoms with Gasteiger partial charge in [0.1, 0.15) is 5.84 Å². The summed E-state index contributed by atoms with van der Waals surface area (Å²) < 4.78 is 0. The Balaban J connectivity index is 3.77. The average molecular weight is 138 g/mol. The first-order valence-corrected chi connectivity index (χ1v) is 3.41. The van der Waals surface area contributed by atoms with Crippen LogP contribution >= 0.6 is 0 Å². The largest absolute Gasteiger partial charge is 0.287 e. The van der Waals surface area contributed by atoms with Crippen molar-refractivity contribution in [3.05, 3.63) is 11.6 Å². The molecule has 0 spiro atoms. The third-order valence-electron chi connectivity index (χ3n) is 0.973. The summed E-state index contributed by atoms with van der Waals surface area (Å²) in [6.07, 6.45) is 4.26. The van der Waals surface area contributed by atoms with Crippen LogP contribution in [0.5, 0.6) is 0 Å². The van der Waals surface area contributed by atoms with Crippen LogP contribution in [0, 0.1) is 5.41 Å². The quantitative estimate of drug-likeness (QED) is 0.449. The van der Waals surface area contributed by atoms with Gasteiger partial charge in [-0.3, -0.25) is 5.41 Å². The first-order valence-electron chi connectivity index (χ1n) is 3.41. The van der Waals surface area contributed by atoms with Crippen LogP contribution < -0.4 is 0 Å². The maximum atomic E-state index is 7.15. The molecule has 0 aliphatic rings. The summed E-state index contributed by atoms with van der Waals surface area (Å²) in [6, 6.07) is 0. The fourth-order valence-corrected chi connectivity index (χ4v) is 0.368. The number of amidine groups is 1. The van der Waals surface area contributed by atoms with Crippen molar-refractivity contribution in [2.75, 3.05) is 0 Å². The lowest BCUT2D eigenvalue weighted by molar-refractivity contribution is 1.21. The molecule has 0 unspecified atom stereocenters. The Bertz CT molecular complexity index is 162. The maximum Gasteiger partial charge on any atom is 0.120 e. The number of nitrogens with zero attached hydrogens (tertiary/aromatic N) is 1. The zero-order chi connectivity index (χ0) is 7.98. The highest BCUT2D eigenvalue weighted by Gasteiger charge is 1.81. The van der Waals surface area contributed by atoms with Gasteiger partial charge in [-0.2, -0.15) is 0 Å². The minimum atomic E-state index is 0.428. The molecule has 0 aliphatic heterocycles. The van der Waals surface area contributed by atoms with E-state index in [4.69, 9.17) is 5.41 Å². The first-order chi connectivity index (χ1) is 4.66. The van der Waals surface area contributed by atoms with Crippen molar-refractivity contribution in [2.24, 2.45) is 4.99 Å². The second kappa shape index (κ2) is 4.91. The van der Waals surface area contributed by atoms with E-state index in [-0.39, 0.29) is 0 Å². The third kappa shape index (κ3) is 5.22. The summed E-state index contributed by atoms with van der Waals surface area (Å²) >= 11 is 0. The second-order valence-electron chi connectivity index (χ2n) is 2.32. The molecular weight excluding hydrogens is 124 g/mol. The van der Waals surface area contributed by atoms with E-state index in [9.17, 15) is 0 Å². The average Bonchev–Trinajstić information content (AvgIpc) is 1.87. The summed E-state index contributed by atoms with van der Waals surface area (Å²) in [5, 5.41) is 7.15. The van der Waals surface area contributed by atoms with Crippen LogP contribution in [0.3, 0.4) is 0 Å². The normalized spacial score (nSPS) is 9.90. The molecule has 0 aromatic carbocycles. The van der Waals surface area contributed by atoms with Crippen LogP contribution in [0.25, 0.3) is 0 Å². The summed E-state index contributed by atoms with van der Waals surface area (Å²) in [6.45, 7) is 5.92. The molecule has 0 fully saturated rings. The highest BCUT2D eigenvalue weighted by molar-refractivity contribution is 5.90. The fourth-order valence-electron chi connectivity index (χ4n) is 0.368. The van der Waals surface area contributed by atoms with Crippen molar-refractivity contribution in [3.8, 4) is 0 Å². The minimum absolute atomic E-state index is 0.428. The molecule has 0 atom stereocenters. The van der Waals surface area contributed by atoms with E-state index in [2.05, 4.69) is 4.99 Å². The van der Waals surface area contributed by atoms with Crippen molar-refractivity contribution >= 4 is 12.1 Å². The van der Waals surface area contributed by atoms with Gasteiger partial charge in [-0.1, -0.05) is 12.5 Å². The van der Waals surface area contributed by atoms with Crippen LogP contribution in [0.2, 0.25) is 0 Å². The zero-order valence-electron chi connectivity index (χ0n) is 6.81. The topological polar surface area (TPSA) is 36.2 Å². The fraction of sp³-hybridized carbons (Fsp3) is 0.500. The number of aliphatic imine (C=N–C) groups is 1. The third-order valence-corrected chi connectivity index (χ3v) is 0.973. The van der Waals surface area contributed by atoms with Crippen molar-refractivity contribution in [2.45, 2.75) is 27.2 Å². The van der Waals surface area contributed by atoms with Crippen LogP contribution in [0.15, 0.2) is 16.6 Å². The predicted octanol–water partition coefficient (Wildman–Crippen LogP) is 2.41. The van der Waals surface area contributed by atoms with E-state index < -0.39 is 0 Å². The Morgan fingerprint density at radius 2 is 2.10 bits per heavy atom. The van der Waals surface area contributed by atoms with Gasteiger partial charge in [-0.25, -0.2) is 4.99 Å². The van der Waals surface area contributed by atoms with Crippen molar-refractivity contribution in [1.29, 1.82) is 5.41 Å². The molecule has 0 rings (SSSR count). The molecule has 0 amide bonds. The molecule has 0 heterocycles. The van der Waals surface area contributed by atoms with Gasteiger partial charge in [-0.15, -0.1) is 0 Å². The van der Waals surface area contributed by atoms with Gasteiger partial charge in [0.25, 0.3) is 0 Å². The van der Waals surface area contributed by atoms with E-state index in [1.54, 1.807) is 6.21 Å². The van der Waals surface area contributed by atoms with Crippen molar-refractivity contribution < 1.29 is 0 Å². The van der Waals surface area contributed by atoms with Gasteiger partial charge in [0.2, 0.25) is 0 Å².